The third-order valence-electron chi connectivity index (χ3n) is 2.75. The smallest absolute Gasteiger partial charge is 0.0697 e. The van der Waals surface area contributed by atoms with Gasteiger partial charge in [0, 0.05) is 17.7 Å². The molecule has 84 valence electrons. The number of aromatic amines is 1. The molecule has 2 aromatic rings. The van der Waals surface area contributed by atoms with Gasteiger partial charge in [-0.2, -0.15) is 5.10 Å². The zero-order chi connectivity index (χ0) is 11.5. The van der Waals surface area contributed by atoms with Gasteiger partial charge in [0.1, 0.15) is 0 Å². The highest BCUT2D eigenvalue weighted by molar-refractivity contribution is 5.67. The van der Waals surface area contributed by atoms with Crippen LogP contribution in [-0.2, 0) is 6.54 Å². The van der Waals surface area contributed by atoms with Crippen LogP contribution in [0.4, 0.5) is 0 Å². The average molecular weight is 215 g/mol. The van der Waals surface area contributed by atoms with Crippen LogP contribution < -0.4 is 5.32 Å². The second-order valence-electron chi connectivity index (χ2n) is 4.12. The van der Waals surface area contributed by atoms with Crippen LogP contribution in [0.2, 0.25) is 0 Å². The molecule has 2 rings (SSSR count). The standard InChI is InChI=1S/C13H17N3/c1-9-4-5-10(2)12(6-9)13-11(7-14-3)8-15-16-13/h4-6,8,14H,7H2,1-3H3,(H,15,16). The fourth-order valence-corrected chi connectivity index (χ4v) is 1.87. The highest BCUT2D eigenvalue weighted by Crippen LogP contribution is 2.25. The van der Waals surface area contributed by atoms with Gasteiger partial charge in [0.25, 0.3) is 0 Å². The first kappa shape index (κ1) is 10.9. The summed E-state index contributed by atoms with van der Waals surface area (Å²) in [5.74, 6) is 0. The summed E-state index contributed by atoms with van der Waals surface area (Å²) in [4.78, 5) is 0. The molecule has 1 aromatic carbocycles. The van der Waals surface area contributed by atoms with Crippen LogP contribution in [0, 0.1) is 13.8 Å². The van der Waals surface area contributed by atoms with Crippen LogP contribution >= 0.6 is 0 Å². The van der Waals surface area contributed by atoms with Crippen molar-refractivity contribution in [1.29, 1.82) is 0 Å². The fraction of sp³-hybridized carbons (Fsp3) is 0.308. The van der Waals surface area contributed by atoms with Gasteiger partial charge < -0.3 is 5.32 Å². The van der Waals surface area contributed by atoms with Gasteiger partial charge in [-0.25, -0.2) is 0 Å². The Morgan fingerprint density at radius 3 is 2.88 bits per heavy atom. The van der Waals surface area contributed by atoms with Gasteiger partial charge in [-0.15, -0.1) is 0 Å². The lowest BCUT2D eigenvalue weighted by Gasteiger charge is -2.07. The van der Waals surface area contributed by atoms with Crippen molar-refractivity contribution < 1.29 is 0 Å². The SMILES string of the molecule is CNCc1cn[nH]c1-c1cc(C)ccc1C. The summed E-state index contributed by atoms with van der Waals surface area (Å²) < 4.78 is 0. The number of aryl methyl sites for hydroxylation is 2. The minimum Gasteiger partial charge on any atom is -0.316 e. The molecule has 0 amide bonds. The molecular weight excluding hydrogens is 198 g/mol. The Bertz CT molecular complexity index is 486. The maximum atomic E-state index is 4.12. The van der Waals surface area contributed by atoms with E-state index in [-0.39, 0.29) is 0 Å². The number of rotatable bonds is 3. The van der Waals surface area contributed by atoms with Crippen LogP contribution in [0.1, 0.15) is 16.7 Å². The van der Waals surface area contributed by atoms with Crippen molar-refractivity contribution in [2.45, 2.75) is 20.4 Å². The second-order valence-corrected chi connectivity index (χ2v) is 4.12. The van der Waals surface area contributed by atoms with Crippen molar-refractivity contribution in [3.05, 3.63) is 41.1 Å². The van der Waals surface area contributed by atoms with Crippen LogP contribution in [0.15, 0.2) is 24.4 Å². The molecule has 0 unspecified atom stereocenters. The van der Waals surface area contributed by atoms with Crippen molar-refractivity contribution in [1.82, 2.24) is 15.5 Å². The monoisotopic (exact) mass is 215 g/mol. The molecule has 0 aliphatic carbocycles. The Hall–Kier alpha value is -1.61. The van der Waals surface area contributed by atoms with E-state index in [0.29, 0.717) is 0 Å². The van der Waals surface area contributed by atoms with E-state index >= 15 is 0 Å². The van der Waals surface area contributed by atoms with Gasteiger partial charge in [0.2, 0.25) is 0 Å². The molecule has 0 bridgehead atoms. The van der Waals surface area contributed by atoms with Crippen LogP contribution in [0.25, 0.3) is 11.3 Å². The third-order valence-corrected chi connectivity index (χ3v) is 2.75. The number of aromatic nitrogens is 2. The van der Waals surface area contributed by atoms with Gasteiger partial charge in [0.15, 0.2) is 0 Å². The van der Waals surface area contributed by atoms with Gasteiger partial charge in [-0.3, -0.25) is 5.10 Å². The quantitative estimate of drug-likeness (QED) is 0.825. The first-order chi connectivity index (χ1) is 7.72. The van der Waals surface area contributed by atoms with E-state index in [1.54, 1.807) is 0 Å². The summed E-state index contributed by atoms with van der Waals surface area (Å²) in [6.45, 7) is 5.06. The predicted octanol–water partition coefficient (Wildman–Crippen LogP) is 2.41. The molecular formula is C13H17N3. The molecule has 0 aliphatic rings. The van der Waals surface area contributed by atoms with Crippen LogP contribution in [0.3, 0.4) is 0 Å². The molecule has 0 atom stereocenters. The van der Waals surface area contributed by atoms with E-state index in [4.69, 9.17) is 0 Å². The van der Waals surface area contributed by atoms with E-state index in [9.17, 15) is 0 Å². The predicted molar refractivity (Wildman–Crippen MR) is 66.3 cm³/mol. The Labute approximate surface area is 95.9 Å². The highest BCUT2D eigenvalue weighted by Gasteiger charge is 2.09. The van der Waals surface area contributed by atoms with Gasteiger partial charge in [-0.1, -0.05) is 17.7 Å². The molecule has 0 spiro atoms. The summed E-state index contributed by atoms with van der Waals surface area (Å²) in [7, 11) is 1.94. The topological polar surface area (TPSA) is 40.7 Å². The molecule has 3 heteroatoms. The average Bonchev–Trinajstić information content (AvgIpc) is 2.70. The lowest BCUT2D eigenvalue weighted by molar-refractivity contribution is 0.820. The molecule has 0 saturated carbocycles. The molecule has 0 radical (unpaired) electrons. The molecule has 0 aliphatic heterocycles. The Kier molecular flexibility index (Phi) is 3.06. The molecule has 0 saturated heterocycles. The zero-order valence-corrected chi connectivity index (χ0v) is 9.96. The Morgan fingerprint density at radius 1 is 1.31 bits per heavy atom. The summed E-state index contributed by atoms with van der Waals surface area (Å²) in [6, 6.07) is 6.48. The minimum atomic E-state index is 0.833. The van der Waals surface area contributed by atoms with Crippen molar-refractivity contribution in [2.24, 2.45) is 0 Å². The van der Waals surface area contributed by atoms with Gasteiger partial charge >= 0.3 is 0 Å². The molecule has 3 nitrogen and oxygen atoms in total. The molecule has 1 aromatic heterocycles. The van der Waals surface area contributed by atoms with E-state index in [2.05, 4.69) is 47.6 Å². The van der Waals surface area contributed by atoms with Crippen LogP contribution in [0.5, 0.6) is 0 Å². The summed E-state index contributed by atoms with van der Waals surface area (Å²) in [5, 5.41) is 10.4. The Morgan fingerprint density at radius 2 is 2.12 bits per heavy atom. The van der Waals surface area contributed by atoms with Crippen molar-refractivity contribution in [3.63, 3.8) is 0 Å². The molecule has 0 fully saturated rings. The number of H-pyrrole nitrogens is 1. The second kappa shape index (κ2) is 4.49. The fourth-order valence-electron chi connectivity index (χ4n) is 1.87. The van der Waals surface area contributed by atoms with E-state index in [1.807, 2.05) is 13.2 Å². The summed E-state index contributed by atoms with van der Waals surface area (Å²) in [6.07, 6.45) is 1.88. The first-order valence-electron chi connectivity index (χ1n) is 5.47. The lowest BCUT2D eigenvalue weighted by Crippen LogP contribution is -2.05. The van der Waals surface area contributed by atoms with Gasteiger partial charge in [0.05, 0.1) is 11.9 Å². The number of hydrogen-bond acceptors (Lipinski definition) is 2. The number of benzene rings is 1. The molecule has 16 heavy (non-hydrogen) atoms. The lowest BCUT2D eigenvalue weighted by atomic mass is 10.0. The largest absolute Gasteiger partial charge is 0.316 e. The maximum Gasteiger partial charge on any atom is 0.0697 e. The maximum absolute atomic E-state index is 4.12. The highest BCUT2D eigenvalue weighted by atomic mass is 15.1. The summed E-state index contributed by atoms with van der Waals surface area (Å²) in [5.41, 5.74) is 6.10. The first-order valence-corrected chi connectivity index (χ1v) is 5.47. The van der Waals surface area contributed by atoms with E-state index in [0.717, 1.165) is 12.2 Å². The minimum absolute atomic E-state index is 0.833. The third kappa shape index (κ3) is 1.99. The Balaban J connectivity index is 2.49. The van der Waals surface area contributed by atoms with Crippen molar-refractivity contribution in [3.8, 4) is 11.3 Å². The van der Waals surface area contributed by atoms with Crippen molar-refractivity contribution >= 4 is 0 Å². The molecule has 2 N–H and O–H groups in total. The van der Waals surface area contributed by atoms with Gasteiger partial charge in [-0.05, 0) is 32.5 Å². The number of nitrogens with one attached hydrogen (secondary N) is 2. The molecule has 1 heterocycles. The van der Waals surface area contributed by atoms with Crippen LogP contribution in [-0.4, -0.2) is 17.2 Å². The number of hydrogen-bond donors (Lipinski definition) is 2. The van der Waals surface area contributed by atoms with E-state index < -0.39 is 0 Å². The van der Waals surface area contributed by atoms with E-state index in [1.165, 1.54) is 22.3 Å². The zero-order valence-electron chi connectivity index (χ0n) is 9.96. The summed E-state index contributed by atoms with van der Waals surface area (Å²) >= 11 is 0. The normalized spacial score (nSPS) is 10.7. The number of nitrogens with zero attached hydrogens (tertiary/aromatic N) is 1. The van der Waals surface area contributed by atoms with Crippen molar-refractivity contribution in [2.75, 3.05) is 7.05 Å².